The third-order valence-corrected chi connectivity index (χ3v) is 3.52. The molecule has 0 unspecified atom stereocenters. The number of piperazine rings is 1. The van der Waals surface area contributed by atoms with Gasteiger partial charge in [-0.2, -0.15) is 0 Å². The van der Waals surface area contributed by atoms with Gasteiger partial charge in [0.05, 0.1) is 12.3 Å². The van der Waals surface area contributed by atoms with Crippen LogP contribution in [0.3, 0.4) is 0 Å². The maximum absolute atomic E-state index is 12.5. The minimum Gasteiger partial charge on any atom is -0.492 e. The van der Waals surface area contributed by atoms with E-state index >= 15 is 0 Å². The summed E-state index contributed by atoms with van der Waals surface area (Å²) in [6.45, 7) is 6.76. The van der Waals surface area contributed by atoms with Crippen LogP contribution in [-0.4, -0.2) is 42.5 Å². The molecule has 1 aromatic carbocycles. The van der Waals surface area contributed by atoms with Crippen LogP contribution in [0.1, 0.15) is 20.8 Å². The predicted octanol–water partition coefficient (Wildman–Crippen LogP) is 1.67. The van der Waals surface area contributed by atoms with Gasteiger partial charge in [0.15, 0.2) is 0 Å². The summed E-state index contributed by atoms with van der Waals surface area (Å²) in [5, 5.41) is 0. The molecule has 5 heteroatoms. The van der Waals surface area contributed by atoms with Crippen molar-refractivity contribution in [3.05, 3.63) is 24.3 Å². The molecule has 1 aliphatic rings. The molecule has 108 valence electrons. The van der Waals surface area contributed by atoms with Crippen molar-refractivity contribution in [3.8, 4) is 5.75 Å². The first-order valence-electron chi connectivity index (χ1n) is 6.86. The summed E-state index contributed by atoms with van der Waals surface area (Å²) >= 11 is 0. The molecule has 1 aliphatic heterocycles. The summed E-state index contributed by atoms with van der Waals surface area (Å²) in [5.74, 6) is 0.564. The van der Waals surface area contributed by atoms with Crippen molar-refractivity contribution in [1.29, 1.82) is 0 Å². The lowest BCUT2D eigenvalue weighted by atomic mass is 10.1. The molecule has 1 heterocycles. The monoisotopic (exact) mass is 276 g/mol. The lowest BCUT2D eigenvalue weighted by Gasteiger charge is -2.39. The van der Waals surface area contributed by atoms with Crippen LogP contribution < -0.4 is 9.64 Å². The molecule has 0 bridgehead atoms. The summed E-state index contributed by atoms with van der Waals surface area (Å²) in [6.07, 6.45) is 0. The van der Waals surface area contributed by atoms with Crippen LogP contribution in [0.4, 0.5) is 5.69 Å². The van der Waals surface area contributed by atoms with Crippen molar-refractivity contribution < 1.29 is 14.3 Å². The highest BCUT2D eigenvalue weighted by Gasteiger charge is 2.34. The molecule has 1 fully saturated rings. The molecule has 1 aromatic rings. The van der Waals surface area contributed by atoms with E-state index in [-0.39, 0.29) is 11.8 Å². The first-order chi connectivity index (χ1) is 9.56. The summed E-state index contributed by atoms with van der Waals surface area (Å²) in [7, 11) is 0. The van der Waals surface area contributed by atoms with Gasteiger partial charge in [0.1, 0.15) is 11.8 Å². The highest BCUT2D eigenvalue weighted by Crippen LogP contribution is 2.30. The fourth-order valence-corrected chi connectivity index (χ4v) is 2.50. The van der Waals surface area contributed by atoms with Crippen molar-refractivity contribution >= 4 is 17.5 Å². The number of rotatable bonds is 3. The summed E-state index contributed by atoms with van der Waals surface area (Å²) in [5.41, 5.74) is 0.773. The van der Waals surface area contributed by atoms with E-state index in [0.717, 1.165) is 5.69 Å². The lowest BCUT2D eigenvalue weighted by Crippen LogP contribution is -2.57. The van der Waals surface area contributed by atoms with Gasteiger partial charge in [-0.05, 0) is 26.0 Å². The molecule has 0 aromatic heterocycles. The van der Waals surface area contributed by atoms with Crippen LogP contribution in [0.15, 0.2) is 24.3 Å². The fraction of sp³-hybridized carbons (Fsp3) is 0.467. The van der Waals surface area contributed by atoms with Crippen LogP contribution in [0, 0.1) is 0 Å². The molecule has 0 saturated carbocycles. The van der Waals surface area contributed by atoms with Gasteiger partial charge < -0.3 is 14.5 Å². The maximum atomic E-state index is 12.5. The van der Waals surface area contributed by atoms with Gasteiger partial charge in [0, 0.05) is 20.0 Å². The summed E-state index contributed by atoms with van der Waals surface area (Å²) in [4.78, 5) is 27.3. The van der Waals surface area contributed by atoms with E-state index in [9.17, 15) is 9.59 Å². The van der Waals surface area contributed by atoms with E-state index in [1.165, 1.54) is 6.92 Å². The minimum absolute atomic E-state index is 0.0661. The van der Waals surface area contributed by atoms with E-state index in [1.807, 2.05) is 31.2 Å². The van der Waals surface area contributed by atoms with Crippen LogP contribution >= 0.6 is 0 Å². The second-order valence-corrected chi connectivity index (χ2v) is 4.78. The molecule has 0 radical (unpaired) electrons. The molecule has 1 saturated heterocycles. The Morgan fingerprint density at radius 3 is 2.70 bits per heavy atom. The Balaban J connectivity index is 2.27. The zero-order chi connectivity index (χ0) is 14.7. The number of nitrogens with zero attached hydrogens (tertiary/aromatic N) is 2. The van der Waals surface area contributed by atoms with Gasteiger partial charge in [-0.3, -0.25) is 9.59 Å². The first kappa shape index (κ1) is 14.4. The van der Waals surface area contributed by atoms with Crippen molar-refractivity contribution in [2.24, 2.45) is 0 Å². The van der Waals surface area contributed by atoms with E-state index in [4.69, 9.17) is 4.74 Å². The van der Waals surface area contributed by atoms with Crippen LogP contribution in [0.2, 0.25) is 0 Å². The third kappa shape index (κ3) is 2.61. The first-order valence-corrected chi connectivity index (χ1v) is 6.86. The average Bonchev–Trinajstić information content (AvgIpc) is 2.43. The summed E-state index contributed by atoms with van der Waals surface area (Å²) in [6, 6.07) is 7.06. The van der Waals surface area contributed by atoms with E-state index in [2.05, 4.69) is 0 Å². The molecular weight excluding hydrogens is 256 g/mol. The van der Waals surface area contributed by atoms with Gasteiger partial charge in [0.25, 0.3) is 0 Å². The zero-order valence-electron chi connectivity index (χ0n) is 12.1. The SMILES string of the molecule is CCOc1ccccc1N1CCN(C(C)=O)[C@H](C)C1=O. The highest BCUT2D eigenvalue weighted by molar-refractivity contribution is 6.00. The normalized spacial score (nSPS) is 19.1. The lowest BCUT2D eigenvalue weighted by molar-refractivity contribution is -0.139. The number of ether oxygens (including phenoxy) is 1. The fourth-order valence-electron chi connectivity index (χ4n) is 2.50. The molecule has 0 aliphatic carbocycles. The molecule has 0 N–H and O–H groups in total. The number of hydrogen-bond donors (Lipinski definition) is 0. The number of para-hydroxylation sites is 2. The Bertz CT molecular complexity index is 516. The average molecular weight is 276 g/mol. The second kappa shape index (κ2) is 5.94. The molecule has 0 spiro atoms. The number of carbonyl (C=O) groups is 2. The number of amides is 2. The van der Waals surface area contributed by atoms with Gasteiger partial charge in [-0.15, -0.1) is 0 Å². The van der Waals surface area contributed by atoms with Crippen molar-refractivity contribution in [3.63, 3.8) is 0 Å². The number of anilines is 1. The van der Waals surface area contributed by atoms with Gasteiger partial charge in [-0.1, -0.05) is 12.1 Å². The molecule has 2 rings (SSSR count). The highest BCUT2D eigenvalue weighted by atomic mass is 16.5. The third-order valence-electron chi connectivity index (χ3n) is 3.52. The van der Waals surface area contributed by atoms with Crippen molar-refractivity contribution in [2.45, 2.75) is 26.8 Å². The van der Waals surface area contributed by atoms with Crippen LogP contribution in [0.25, 0.3) is 0 Å². The maximum Gasteiger partial charge on any atom is 0.249 e. The Labute approximate surface area is 119 Å². The number of benzene rings is 1. The van der Waals surface area contributed by atoms with Crippen LogP contribution in [-0.2, 0) is 9.59 Å². The Morgan fingerprint density at radius 2 is 2.05 bits per heavy atom. The topological polar surface area (TPSA) is 49.9 Å². The zero-order valence-corrected chi connectivity index (χ0v) is 12.1. The summed E-state index contributed by atoms with van der Waals surface area (Å²) < 4.78 is 5.57. The van der Waals surface area contributed by atoms with E-state index in [1.54, 1.807) is 16.7 Å². The molecular formula is C15H20N2O3. The number of carbonyl (C=O) groups excluding carboxylic acids is 2. The van der Waals surface area contributed by atoms with Gasteiger partial charge in [-0.25, -0.2) is 0 Å². The second-order valence-electron chi connectivity index (χ2n) is 4.78. The Morgan fingerprint density at radius 1 is 1.35 bits per heavy atom. The Hall–Kier alpha value is -2.04. The molecule has 5 nitrogen and oxygen atoms in total. The number of hydrogen-bond acceptors (Lipinski definition) is 3. The Kier molecular flexibility index (Phi) is 4.27. The smallest absolute Gasteiger partial charge is 0.249 e. The molecule has 2 amide bonds. The van der Waals surface area contributed by atoms with Crippen molar-refractivity contribution in [2.75, 3.05) is 24.6 Å². The standard InChI is InChI=1S/C15H20N2O3/c1-4-20-14-8-6-5-7-13(14)17-10-9-16(12(3)18)11(2)15(17)19/h5-8,11H,4,9-10H2,1-3H3/t11-/m1/s1. The van der Waals surface area contributed by atoms with Crippen molar-refractivity contribution in [1.82, 2.24) is 4.90 Å². The van der Waals surface area contributed by atoms with E-state index < -0.39 is 6.04 Å². The van der Waals surface area contributed by atoms with Crippen LogP contribution in [0.5, 0.6) is 5.75 Å². The predicted molar refractivity (Wildman–Crippen MR) is 76.8 cm³/mol. The van der Waals surface area contributed by atoms with Gasteiger partial charge >= 0.3 is 0 Å². The minimum atomic E-state index is -0.434. The van der Waals surface area contributed by atoms with E-state index in [0.29, 0.717) is 25.4 Å². The van der Waals surface area contributed by atoms with Gasteiger partial charge in [0.2, 0.25) is 11.8 Å². The quantitative estimate of drug-likeness (QED) is 0.844. The molecule has 20 heavy (non-hydrogen) atoms. The molecule has 1 atom stereocenters. The largest absolute Gasteiger partial charge is 0.492 e.